The van der Waals surface area contributed by atoms with E-state index in [2.05, 4.69) is 36.8 Å². The number of hydrogen-bond acceptors (Lipinski definition) is 2. The van der Waals surface area contributed by atoms with Crippen molar-refractivity contribution in [3.05, 3.63) is 40.0 Å². The van der Waals surface area contributed by atoms with Crippen LogP contribution in [0.5, 0.6) is 0 Å². The summed E-state index contributed by atoms with van der Waals surface area (Å²) in [5, 5.41) is 1.77. The third kappa shape index (κ3) is 2.67. The smallest absolute Gasteiger partial charge is 0.121 e. The van der Waals surface area contributed by atoms with E-state index in [1.807, 2.05) is 31.2 Å². The molecule has 16 heavy (non-hydrogen) atoms. The van der Waals surface area contributed by atoms with E-state index in [1.165, 1.54) is 4.88 Å². The molecule has 2 rings (SSSR count). The van der Waals surface area contributed by atoms with E-state index in [-0.39, 0.29) is 3.74 Å². The minimum absolute atomic E-state index is 0.108. The molecule has 0 radical (unpaired) electrons. The van der Waals surface area contributed by atoms with Crippen molar-refractivity contribution >= 4 is 54.8 Å². The van der Waals surface area contributed by atoms with Crippen LogP contribution in [0.2, 0.25) is 5.02 Å². The summed E-state index contributed by atoms with van der Waals surface area (Å²) in [6.45, 7) is 2.01. The number of halogens is 3. The van der Waals surface area contributed by atoms with Gasteiger partial charge in [-0.15, -0.1) is 11.3 Å². The SMILES string of the molecule is Cc1nc(C(Br)Br)sc1-c1cccc(Cl)c1. The van der Waals surface area contributed by atoms with E-state index in [1.54, 1.807) is 11.3 Å². The number of benzene rings is 1. The lowest BCUT2D eigenvalue weighted by molar-refractivity contribution is 1.19. The van der Waals surface area contributed by atoms with Crippen molar-refractivity contribution in [2.75, 3.05) is 0 Å². The Balaban J connectivity index is 2.48. The molecule has 0 aliphatic carbocycles. The van der Waals surface area contributed by atoms with Crippen molar-refractivity contribution in [2.45, 2.75) is 10.7 Å². The number of rotatable bonds is 2. The fourth-order valence-corrected chi connectivity index (χ4v) is 3.28. The molecule has 0 amide bonds. The van der Waals surface area contributed by atoms with E-state index in [0.717, 1.165) is 21.3 Å². The number of aromatic nitrogens is 1. The van der Waals surface area contributed by atoms with Gasteiger partial charge in [-0.25, -0.2) is 4.98 Å². The number of hydrogen-bond donors (Lipinski definition) is 0. The second-order valence-corrected chi connectivity index (χ2v) is 7.80. The highest BCUT2D eigenvalue weighted by molar-refractivity contribution is 9.24. The molecule has 0 unspecified atom stereocenters. The van der Waals surface area contributed by atoms with E-state index >= 15 is 0 Å². The Morgan fingerprint density at radius 3 is 2.69 bits per heavy atom. The van der Waals surface area contributed by atoms with Gasteiger partial charge < -0.3 is 0 Å². The van der Waals surface area contributed by atoms with Gasteiger partial charge in [0.05, 0.1) is 10.6 Å². The number of nitrogens with zero attached hydrogens (tertiary/aromatic N) is 1. The van der Waals surface area contributed by atoms with Gasteiger partial charge in [-0.3, -0.25) is 0 Å². The lowest BCUT2D eigenvalue weighted by Crippen LogP contribution is -1.79. The first-order chi connectivity index (χ1) is 7.58. The second kappa shape index (κ2) is 5.17. The minimum Gasteiger partial charge on any atom is -0.244 e. The number of thiazole rings is 1. The van der Waals surface area contributed by atoms with Gasteiger partial charge in [0.25, 0.3) is 0 Å². The average molecular weight is 382 g/mol. The topological polar surface area (TPSA) is 12.9 Å². The van der Waals surface area contributed by atoms with E-state index < -0.39 is 0 Å². The minimum atomic E-state index is 0.108. The van der Waals surface area contributed by atoms with Crippen molar-refractivity contribution in [1.82, 2.24) is 4.98 Å². The summed E-state index contributed by atoms with van der Waals surface area (Å²) in [4.78, 5) is 5.67. The molecule has 0 bridgehead atoms. The van der Waals surface area contributed by atoms with E-state index in [4.69, 9.17) is 11.6 Å². The maximum atomic E-state index is 5.98. The average Bonchev–Trinajstić information content (AvgIpc) is 2.60. The lowest BCUT2D eigenvalue weighted by atomic mass is 10.2. The van der Waals surface area contributed by atoms with Crippen LogP contribution in [0, 0.1) is 6.92 Å². The molecule has 0 N–H and O–H groups in total. The van der Waals surface area contributed by atoms with Gasteiger partial charge in [-0.05, 0) is 24.6 Å². The molecule has 0 aliphatic rings. The Morgan fingerprint density at radius 1 is 1.38 bits per heavy atom. The van der Waals surface area contributed by atoms with Crippen LogP contribution in [0.1, 0.15) is 14.4 Å². The predicted molar refractivity (Wildman–Crippen MR) is 77.9 cm³/mol. The molecule has 0 spiro atoms. The zero-order valence-corrected chi connectivity index (χ0v) is 13.1. The third-order valence-electron chi connectivity index (χ3n) is 2.09. The van der Waals surface area contributed by atoms with Crippen LogP contribution >= 0.6 is 54.8 Å². The Bertz CT molecular complexity index is 510. The van der Waals surface area contributed by atoms with Gasteiger partial charge in [0.1, 0.15) is 8.74 Å². The van der Waals surface area contributed by atoms with Gasteiger partial charge in [0, 0.05) is 5.02 Å². The molecule has 0 saturated heterocycles. The van der Waals surface area contributed by atoms with Crippen molar-refractivity contribution in [3.8, 4) is 10.4 Å². The molecule has 2 aromatic rings. The van der Waals surface area contributed by atoms with Crippen molar-refractivity contribution in [2.24, 2.45) is 0 Å². The van der Waals surface area contributed by atoms with Crippen molar-refractivity contribution < 1.29 is 0 Å². The van der Waals surface area contributed by atoms with Crippen LogP contribution in [-0.2, 0) is 0 Å². The summed E-state index contributed by atoms with van der Waals surface area (Å²) >= 11 is 14.6. The van der Waals surface area contributed by atoms with Crippen LogP contribution in [0.4, 0.5) is 0 Å². The number of alkyl halides is 2. The summed E-state index contributed by atoms with van der Waals surface area (Å²) in [6.07, 6.45) is 0. The van der Waals surface area contributed by atoms with Crippen molar-refractivity contribution in [3.63, 3.8) is 0 Å². The molecule has 84 valence electrons. The second-order valence-electron chi connectivity index (χ2n) is 3.28. The zero-order valence-electron chi connectivity index (χ0n) is 8.38. The highest BCUT2D eigenvalue weighted by Crippen LogP contribution is 2.38. The molecule has 1 aromatic carbocycles. The molecular weight excluding hydrogens is 373 g/mol. The summed E-state index contributed by atoms with van der Waals surface area (Å²) in [5.74, 6) is 0. The standard InChI is InChI=1S/C11H8Br2ClNS/c1-6-9(16-11(15-6)10(12)13)7-3-2-4-8(14)5-7/h2-5,10H,1H3. The quantitative estimate of drug-likeness (QED) is 0.621. The highest BCUT2D eigenvalue weighted by atomic mass is 79.9. The fraction of sp³-hybridized carbons (Fsp3) is 0.182. The summed E-state index contributed by atoms with van der Waals surface area (Å²) < 4.78 is 0.108. The maximum absolute atomic E-state index is 5.98. The van der Waals surface area contributed by atoms with Gasteiger partial charge in [-0.1, -0.05) is 55.6 Å². The highest BCUT2D eigenvalue weighted by Gasteiger charge is 2.13. The summed E-state index contributed by atoms with van der Waals surface area (Å²) in [6, 6.07) is 7.84. The first kappa shape index (κ1) is 12.6. The molecule has 0 fully saturated rings. The summed E-state index contributed by atoms with van der Waals surface area (Å²) in [5.41, 5.74) is 2.15. The maximum Gasteiger partial charge on any atom is 0.121 e. The Hall–Kier alpha value is 0.1000. The first-order valence-corrected chi connectivity index (χ1v) is 7.62. The normalized spacial score (nSPS) is 11.1. The van der Waals surface area contributed by atoms with Crippen LogP contribution < -0.4 is 0 Å². The molecule has 0 atom stereocenters. The lowest BCUT2D eigenvalue weighted by Gasteiger charge is -1.98. The summed E-state index contributed by atoms with van der Waals surface area (Å²) in [7, 11) is 0. The molecule has 0 saturated carbocycles. The van der Waals surface area contributed by atoms with Gasteiger partial charge in [0.2, 0.25) is 0 Å². The van der Waals surface area contributed by atoms with Crippen LogP contribution in [0.15, 0.2) is 24.3 Å². The Labute approximate surface area is 120 Å². The van der Waals surface area contributed by atoms with E-state index in [9.17, 15) is 0 Å². The third-order valence-corrected chi connectivity index (χ3v) is 5.07. The molecular formula is C11H8Br2ClNS. The fourth-order valence-electron chi connectivity index (χ4n) is 1.41. The van der Waals surface area contributed by atoms with Crippen molar-refractivity contribution in [1.29, 1.82) is 0 Å². The van der Waals surface area contributed by atoms with E-state index in [0.29, 0.717) is 0 Å². The van der Waals surface area contributed by atoms with Crippen LogP contribution in [0.25, 0.3) is 10.4 Å². The largest absolute Gasteiger partial charge is 0.244 e. The molecule has 0 aliphatic heterocycles. The molecule has 1 aromatic heterocycles. The van der Waals surface area contributed by atoms with Gasteiger partial charge >= 0.3 is 0 Å². The van der Waals surface area contributed by atoms with Gasteiger partial charge in [0.15, 0.2) is 0 Å². The van der Waals surface area contributed by atoms with Crippen LogP contribution in [-0.4, -0.2) is 4.98 Å². The predicted octanol–water partition coefficient (Wildman–Crippen LogP) is 5.56. The molecule has 5 heteroatoms. The first-order valence-electron chi connectivity index (χ1n) is 4.59. The zero-order chi connectivity index (χ0) is 11.7. The van der Waals surface area contributed by atoms with Gasteiger partial charge in [-0.2, -0.15) is 0 Å². The Morgan fingerprint density at radius 2 is 2.12 bits per heavy atom. The van der Waals surface area contributed by atoms with Crippen LogP contribution in [0.3, 0.4) is 0 Å². The molecule has 1 heterocycles. The number of aryl methyl sites for hydroxylation is 1. The molecule has 1 nitrogen and oxygen atoms in total. The Kier molecular flexibility index (Phi) is 4.06. The monoisotopic (exact) mass is 379 g/mol.